The van der Waals surface area contributed by atoms with Gasteiger partial charge in [0, 0.05) is 24.0 Å². The van der Waals surface area contributed by atoms with Gasteiger partial charge in [-0.2, -0.15) is 0 Å². The molecule has 0 aromatic heterocycles. The minimum atomic E-state index is -0.466. The number of hydrogen-bond acceptors (Lipinski definition) is 3. The van der Waals surface area contributed by atoms with Gasteiger partial charge in [0.05, 0.1) is 6.10 Å². The quantitative estimate of drug-likeness (QED) is 0.819. The van der Waals surface area contributed by atoms with E-state index in [0.717, 1.165) is 63.8 Å². The van der Waals surface area contributed by atoms with Gasteiger partial charge >= 0.3 is 0 Å². The number of benzene rings is 1. The lowest BCUT2D eigenvalue weighted by Gasteiger charge is -2.35. The number of aliphatic hydroxyl groups excluding tert-OH is 1. The Bertz CT molecular complexity index is 623. The summed E-state index contributed by atoms with van der Waals surface area (Å²) in [5, 5.41) is 14.7. The molecule has 1 aliphatic carbocycles. The van der Waals surface area contributed by atoms with E-state index in [0.29, 0.717) is 16.3 Å². The molecule has 1 spiro atoms. The maximum absolute atomic E-state index is 12.8. The van der Waals surface area contributed by atoms with Gasteiger partial charge in [0.15, 0.2) is 0 Å². The van der Waals surface area contributed by atoms with Gasteiger partial charge < -0.3 is 15.3 Å². The van der Waals surface area contributed by atoms with Crippen LogP contribution in [0.5, 0.6) is 0 Å². The molecule has 3 fully saturated rings. The maximum Gasteiger partial charge on any atom is 0.226 e. The fraction of sp³-hybridized carbons (Fsp3) is 0.650. The summed E-state index contributed by atoms with van der Waals surface area (Å²) in [5.74, 6) is 0.839. The standard InChI is InChI=1S/C20H27ClN2O2.ClH/c21-16-3-1-14(2-4-16)18(24)15-5-11-23(12-6-15)19(25)17-13-20(17)7-9-22-10-8-20;/h1-4,15,17-18,22,24H,5-13H2;1H. The van der Waals surface area contributed by atoms with Crippen molar-refractivity contribution in [3.63, 3.8) is 0 Å². The van der Waals surface area contributed by atoms with Crippen LogP contribution in [-0.2, 0) is 4.79 Å². The van der Waals surface area contributed by atoms with Crippen LogP contribution in [0.4, 0.5) is 0 Å². The molecule has 0 radical (unpaired) electrons. The van der Waals surface area contributed by atoms with Gasteiger partial charge in [0.25, 0.3) is 0 Å². The summed E-state index contributed by atoms with van der Waals surface area (Å²) in [4.78, 5) is 14.9. The SMILES string of the molecule is Cl.O=C(C1CC12CCNCC2)N1CCC(C(O)c2ccc(Cl)cc2)CC1. The van der Waals surface area contributed by atoms with Gasteiger partial charge in [-0.1, -0.05) is 23.7 Å². The first-order chi connectivity index (χ1) is 12.1. The van der Waals surface area contributed by atoms with Crippen molar-refractivity contribution in [3.8, 4) is 0 Å². The molecule has 4 nitrogen and oxygen atoms in total. The Labute approximate surface area is 166 Å². The van der Waals surface area contributed by atoms with E-state index in [1.54, 1.807) is 0 Å². The van der Waals surface area contributed by atoms with Crippen LogP contribution in [0.15, 0.2) is 24.3 Å². The summed E-state index contributed by atoms with van der Waals surface area (Å²) in [6.45, 7) is 3.66. The highest BCUT2D eigenvalue weighted by Gasteiger charge is 2.58. The average Bonchev–Trinajstić information content (AvgIpc) is 3.34. The van der Waals surface area contributed by atoms with Gasteiger partial charge in [-0.3, -0.25) is 4.79 Å². The summed E-state index contributed by atoms with van der Waals surface area (Å²) in [7, 11) is 0. The van der Waals surface area contributed by atoms with E-state index in [2.05, 4.69) is 5.32 Å². The molecule has 1 amide bonds. The van der Waals surface area contributed by atoms with Crippen molar-refractivity contribution in [2.75, 3.05) is 26.2 Å². The number of halogens is 2. The predicted octanol–water partition coefficient (Wildman–Crippen LogP) is 3.42. The van der Waals surface area contributed by atoms with Crippen LogP contribution in [0, 0.1) is 17.3 Å². The third-order valence-electron chi connectivity index (χ3n) is 6.60. The molecule has 2 saturated heterocycles. The molecule has 144 valence electrons. The minimum Gasteiger partial charge on any atom is -0.388 e. The Morgan fingerprint density at radius 3 is 2.42 bits per heavy atom. The highest BCUT2D eigenvalue weighted by atomic mass is 35.5. The maximum atomic E-state index is 12.8. The van der Waals surface area contributed by atoms with Crippen molar-refractivity contribution in [2.45, 2.75) is 38.2 Å². The summed E-state index contributed by atoms with van der Waals surface area (Å²) < 4.78 is 0. The Morgan fingerprint density at radius 2 is 1.81 bits per heavy atom. The highest BCUT2D eigenvalue weighted by molar-refractivity contribution is 6.30. The highest BCUT2D eigenvalue weighted by Crippen LogP contribution is 2.59. The molecule has 1 aromatic carbocycles. The molecule has 2 heterocycles. The van der Waals surface area contributed by atoms with Crippen molar-refractivity contribution in [2.24, 2.45) is 17.3 Å². The van der Waals surface area contributed by atoms with Crippen molar-refractivity contribution in [3.05, 3.63) is 34.9 Å². The zero-order valence-electron chi connectivity index (χ0n) is 15.0. The first-order valence-corrected chi connectivity index (χ1v) is 9.90. The number of piperidine rings is 2. The molecule has 26 heavy (non-hydrogen) atoms. The average molecular weight is 399 g/mol. The van der Waals surface area contributed by atoms with Crippen LogP contribution >= 0.6 is 24.0 Å². The van der Waals surface area contributed by atoms with E-state index in [9.17, 15) is 9.90 Å². The second-order valence-electron chi connectivity index (χ2n) is 8.03. The van der Waals surface area contributed by atoms with Crippen LogP contribution in [0.1, 0.15) is 43.8 Å². The lowest BCUT2D eigenvalue weighted by Crippen LogP contribution is -2.42. The topological polar surface area (TPSA) is 52.6 Å². The monoisotopic (exact) mass is 398 g/mol. The second kappa shape index (κ2) is 8.05. The predicted molar refractivity (Wildman–Crippen MR) is 106 cm³/mol. The minimum absolute atomic E-state index is 0. The van der Waals surface area contributed by atoms with Gasteiger partial charge in [0.1, 0.15) is 0 Å². The number of nitrogens with zero attached hydrogens (tertiary/aromatic N) is 1. The van der Waals surface area contributed by atoms with Crippen LogP contribution < -0.4 is 5.32 Å². The molecule has 0 bridgehead atoms. The van der Waals surface area contributed by atoms with Gasteiger partial charge in [0.2, 0.25) is 5.91 Å². The molecule has 6 heteroatoms. The number of likely N-dealkylation sites (tertiary alicyclic amines) is 1. The second-order valence-corrected chi connectivity index (χ2v) is 8.46. The van der Waals surface area contributed by atoms with Crippen LogP contribution in [0.2, 0.25) is 5.02 Å². The number of rotatable bonds is 3. The lowest BCUT2D eigenvalue weighted by molar-refractivity contribution is -0.135. The molecule has 2 atom stereocenters. The lowest BCUT2D eigenvalue weighted by atomic mass is 9.87. The number of carbonyl (C=O) groups is 1. The summed E-state index contributed by atoms with van der Waals surface area (Å²) in [6, 6.07) is 7.44. The Hall–Kier alpha value is -0.810. The summed E-state index contributed by atoms with van der Waals surface area (Å²) >= 11 is 5.92. The Kier molecular flexibility index (Phi) is 6.18. The van der Waals surface area contributed by atoms with Gasteiger partial charge in [-0.15, -0.1) is 12.4 Å². The third-order valence-corrected chi connectivity index (χ3v) is 6.85. The van der Waals surface area contributed by atoms with E-state index < -0.39 is 6.10 Å². The van der Waals surface area contributed by atoms with E-state index in [1.807, 2.05) is 29.2 Å². The number of hydrogen-bond donors (Lipinski definition) is 2. The molecule has 2 N–H and O–H groups in total. The van der Waals surface area contributed by atoms with Crippen molar-refractivity contribution >= 4 is 29.9 Å². The number of nitrogens with one attached hydrogen (secondary N) is 1. The molecular weight excluding hydrogens is 371 g/mol. The molecule has 1 aromatic rings. The molecule has 2 aliphatic heterocycles. The molecule has 2 unspecified atom stereocenters. The van der Waals surface area contributed by atoms with Crippen molar-refractivity contribution in [1.29, 1.82) is 0 Å². The van der Waals surface area contributed by atoms with Crippen LogP contribution in [-0.4, -0.2) is 42.1 Å². The molecule has 3 aliphatic rings. The first kappa shape index (κ1) is 19.9. The largest absolute Gasteiger partial charge is 0.388 e. The number of carbonyl (C=O) groups excluding carboxylic acids is 1. The van der Waals surface area contributed by atoms with Crippen LogP contribution in [0.25, 0.3) is 0 Å². The Morgan fingerprint density at radius 1 is 1.19 bits per heavy atom. The van der Waals surface area contributed by atoms with Crippen molar-refractivity contribution < 1.29 is 9.90 Å². The smallest absolute Gasteiger partial charge is 0.226 e. The zero-order valence-corrected chi connectivity index (χ0v) is 16.6. The van der Waals surface area contributed by atoms with E-state index in [4.69, 9.17) is 11.6 Å². The molecular formula is C20H28Cl2N2O2. The Balaban J connectivity index is 0.00000196. The first-order valence-electron chi connectivity index (χ1n) is 9.52. The van der Waals surface area contributed by atoms with Crippen LogP contribution in [0.3, 0.4) is 0 Å². The fourth-order valence-electron chi connectivity index (χ4n) is 4.76. The van der Waals surface area contributed by atoms with E-state index >= 15 is 0 Å². The van der Waals surface area contributed by atoms with E-state index in [-0.39, 0.29) is 24.2 Å². The number of aliphatic hydroxyl groups is 1. The molecule has 1 saturated carbocycles. The number of amides is 1. The van der Waals surface area contributed by atoms with Crippen molar-refractivity contribution in [1.82, 2.24) is 10.2 Å². The summed E-state index contributed by atoms with van der Waals surface area (Å²) in [6.07, 6.45) is 4.66. The third kappa shape index (κ3) is 3.89. The normalized spacial score (nSPS) is 26.2. The van der Waals surface area contributed by atoms with E-state index in [1.165, 1.54) is 0 Å². The van der Waals surface area contributed by atoms with Gasteiger partial charge in [-0.05, 0) is 74.2 Å². The molecule has 4 rings (SSSR count). The van der Waals surface area contributed by atoms with Gasteiger partial charge in [-0.25, -0.2) is 0 Å². The fourth-order valence-corrected chi connectivity index (χ4v) is 4.89. The zero-order chi connectivity index (χ0) is 17.4. The summed E-state index contributed by atoms with van der Waals surface area (Å²) in [5.41, 5.74) is 1.23.